The second-order valence-corrected chi connectivity index (χ2v) is 6.79. The zero-order valence-electron chi connectivity index (χ0n) is 11.9. The predicted molar refractivity (Wildman–Crippen MR) is 79.6 cm³/mol. The molecule has 2 rings (SSSR count). The van der Waals surface area contributed by atoms with Crippen LogP contribution in [0.3, 0.4) is 0 Å². The number of hydrogen-bond acceptors (Lipinski definition) is 5. The number of rotatable bonds is 2. The van der Waals surface area contributed by atoms with Crippen molar-refractivity contribution in [2.45, 2.75) is 20.8 Å². The van der Waals surface area contributed by atoms with Crippen LogP contribution in [0.2, 0.25) is 0 Å². The third-order valence-electron chi connectivity index (χ3n) is 2.75. The minimum atomic E-state index is -0.371. The standard InChI is InChI=1S/C14H18N2O2S/c1-14(2,3)12-10(13(17)18-15-12)8-9-6-7-11(19-9)16(4)5/h6-8H,1-5H3. The Morgan fingerprint density at radius 3 is 2.53 bits per heavy atom. The molecule has 1 aliphatic heterocycles. The van der Waals surface area contributed by atoms with Crippen LogP contribution in [0.15, 0.2) is 22.9 Å². The van der Waals surface area contributed by atoms with E-state index in [1.165, 1.54) is 0 Å². The molecule has 0 amide bonds. The average molecular weight is 278 g/mol. The molecular weight excluding hydrogens is 260 g/mol. The van der Waals surface area contributed by atoms with Crippen LogP contribution in [-0.4, -0.2) is 25.8 Å². The highest BCUT2D eigenvalue weighted by atomic mass is 32.1. The molecule has 1 aromatic heterocycles. The second-order valence-electron chi connectivity index (χ2n) is 5.70. The van der Waals surface area contributed by atoms with E-state index in [0.29, 0.717) is 11.3 Å². The van der Waals surface area contributed by atoms with Crippen LogP contribution in [-0.2, 0) is 9.63 Å². The van der Waals surface area contributed by atoms with Crippen LogP contribution < -0.4 is 4.90 Å². The number of nitrogens with zero attached hydrogens (tertiary/aromatic N) is 2. The monoisotopic (exact) mass is 278 g/mol. The molecular formula is C14H18N2O2S. The largest absolute Gasteiger partial charge is 0.370 e. The molecule has 0 spiro atoms. The predicted octanol–water partition coefficient (Wildman–Crippen LogP) is 3.16. The number of hydrogen-bond donors (Lipinski definition) is 0. The molecule has 0 aliphatic carbocycles. The molecule has 0 saturated heterocycles. The van der Waals surface area contributed by atoms with Gasteiger partial charge in [0.2, 0.25) is 0 Å². The number of carbonyl (C=O) groups is 1. The van der Waals surface area contributed by atoms with Crippen LogP contribution >= 0.6 is 11.3 Å². The van der Waals surface area contributed by atoms with Gasteiger partial charge in [0.1, 0.15) is 5.71 Å². The molecule has 102 valence electrons. The van der Waals surface area contributed by atoms with Crippen LogP contribution in [0.4, 0.5) is 5.00 Å². The van der Waals surface area contributed by atoms with Crippen molar-refractivity contribution in [2.75, 3.05) is 19.0 Å². The Bertz CT molecular complexity index is 562. The number of thiophene rings is 1. The molecule has 0 fully saturated rings. The molecule has 0 saturated carbocycles. The van der Waals surface area contributed by atoms with Crippen molar-refractivity contribution in [3.05, 3.63) is 22.6 Å². The number of anilines is 1. The Morgan fingerprint density at radius 1 is 1.32 bits per heavy atom. The number of carbonyl (C=O) groups excluding carboxylic acids is 1. The highest BCUT2D eigenvalue weighted by Crippen LogP contribution is 2.31. The van der Waals surface area contributed by atoms with Gasteiger partial charge in [0.15, 0.2) is 0 Å². The molecule has 0 aromatic carbocycles. The van der Waals surface area contributed by atoms with E-state index >= 15 is 0 Å². The molecule has 0 unspecified atom stereocenters. The molecule has 5 heteroatoms. The molecule has 0 radical (unpaired) electrons. The van der Waals surface area contributed by atoms with Crippen molar-refractivity contribution in [3.63, 3.8) is 0 Å². The maximum atomic E-state index is 11.8. The SMILES string of the molecule is CN(C)c1ccc(C=C2C(=O)ON=C2C(C)(C)C)s1. The lowest BCUT2D eigenvalue weighted by molar-refractivity contribution is -0.136. The zero-order valence-corrected chi connectivity index (χ0v) is 12.7. The molecule has 0 atom stereocenters. The summed E-state index contributed by atoms with van der Waals surface area (Å²) in [6.45, 7) is 6.05. The quantitative estimate of drug-likeness (QED) is 0.616. The van der Waals surface area contributed by atoms with Gasteiger partial charge in [-0.3, -0.25) is 0 Å². The van der Waals surface area contributed by atoms with Gasteiger partial charge in [-0.2, -0.15) is 0 Å². The molecule has 19 heavy (non-hydrogen) atoms. The Morgan fingerprint density at radius 2 is 2.00 bits per heavy atom. The van der Waals surface area contributed by atoms with Crippen LogP contribution in [0.25, 0.3) is 6.08 Å². The summed E-state index contributed by atoms with van der Waals surface area (Å²) >= 11 is 1.63. The Labute approximate surface area is 117 Å². The van der Waals surface area contributed by atoms with E-state index in [-0.39, 0.29) is 11.4 Å². The lowest BCUT2D eigenvalue weighted by Crippen LogP contribution is -2.21. The van der Waals surface area contributed by atoms with E-state index in [0.717, 1.165) is 9.88 Å². The summed E-state index contributed by atoms with van der Waals surface area (Å²) in [5.74, 6) is -0.371. The van der Waals surface area contributed by atoms with Gasteiger partial charge >= 0.3 is 5.97 Å². The van der Waals surface area contributed by atoms with Crippen molar-refractivity contribution in [2.24, 2.45) is 10.6 Å². The average Bonchev–Trinajstić information content (AvgIpc) is 2.86. The van der Waals surface area contributed by atoms with Gasteiger partial charge in [0.25, 0.3) is 0 Å². The van der Waals surface area contributed by atoms with Crippen molar-refractivity contribution in [1.82, 2.24) is 0 Å². The van der Waals surface area contributed by atoms with Crippen molar-refractivity contribution in [1.29, 1.82) is 0 Å². The van der Waals surface area contributed by atoms with Crippen molar-refractivity contribution >= 4 is 34.1 Å². The second kappa shape index (κ2) is 4.81. The Kier molecular flexibility index (Phi) is 3.49. The summed E-state index contributed by atoms with van der Waals surface area (Å²) in [5, 5.41) is 5.05. The lowest BCUT2D eigenvalue weighted by atomic mass is 9.85. The molecule has 0 N–H and O–H groups in total. The maximum Gasteiger partial charge on any atom is 0.367 e. The van der Waals surface area contributed by atoms with Gasteiger partial charge in [-0.05, 0) is 18.2 Å². The summed E-state index contributed by atoms with van der Waals surface area (Å²) in [5.41, 5.74) is 1.05. The van der Waals surface area contributed by atoms with Gasteiger partial charge in [0.05, 0.1) is 10.6 Å². The highest BCUT2D eigenvalue weighted by molar-refractivity contribution is 7.17. The Hall–Kier alpha value is -1.62. The first kappa shape index (κ1) is 13.8. The van der Waals surface area contributed by atoms with E-state index in [1.807, 2.05) is 58.0 Å². The van der Waals surface area contributed by atoms with Gasteiger partial charge in [-0.25, -0.2) is 4.79 Å². The van der Waals surface area contributed by atoms with Gasteiger partial charge in [-0.1, -0.05) is 25.9 Å². The van der Waals surface area contributed by atoms with Gasteiger partial charge < -0.3 is 9.74 Å². The fraction of sp³-hybridized carbons (Fsp3) is 0.429. The fourth-order valence-electron chi connectivity index (χ4n) is 1.75. The van der Waals surface area contributed by atoms with E-state index in [9.17, 15) is 4.79 Å². The van der Waals surface area contributed by atoms with Crippen molar-refractivity contribution < 1.29 is 9.63 Å². The summed E-state index contributed by atoms with van der Waals surface area (Å²) in [6.07, 6.45) is 1.86. The van der Waals surface area contributed by atoms with Crippen LogP contribution in [0.1, 0.15) is 25.6 Å². The zero-order chi connectivity index (χ0) is 14.2. The van der Waals surface area contributed by atoms with Crippen LogP contribution in [0.5, 0.6) is 0 Å². The summed E-state index contributed by atoms with van der Waals surface area (Å²) in [6, 6.07) is 4.03. The van der Waals surface area contributed by atoms with E-state index in [4.69, 9.17) is 4.84 Å². The number of oxime groups is 1. The highest BCUT2D eigenvalue weighted by Gasteiger charge is 2.33. The third kappa shape index (κ3) is 2.87. The lowest BCUT2D eigenvalue weighted by Gasteiger charge is -2.16. The van der Waals surface area contributed by atoms with Gasteiger partial charge in [-0.15, -0.1) is 11.3 Å². The third-order valence-corrected chi connectivity index (χ3v) is 3.95. The molecule has 1 aromatic rings. The summed E-state index contributed by atoms with van der Waals surface area (Å²) in [7, 11) is 3.99. The minimum Gasteiger partial charge on any atom is -0.370 e. The van der Waals surface area contributed by atoms with E-state index in [1.54, 1.807) is 11.3 Å². The summed E-state index contributed by atoms with van der Waals surface area (Å²) in [4.78, 5) is 19.6. The van der Waals surface area contributed by atoms with Crippen molar-refractivity contribution in [3.8, 4) is 0 Å². The molecule has 1 aliphatic rings. The first-order valence-electron chi connectivity index (χ1n) is 6.08. The summed E-state index contributed by atoms with van der Waals surface area (Å²) < 4.78 is 0. The molecule has 4 nitrogen and oxygen atoms in total. The smallest absolute Gasteiger partial charge is 0.367 e. The first-order chi connectivity index (χ1) is 8.79. The topological polar surface area (TPSA) is 41.9 Å². The fourth-order valence-corrected chi connectivity index (χ4v) is 2.63. The molecule has 2 heterocycles. The van der Waals surface area contributed by atoms with Crippen LogP contribution in [0, 0.1) is 5.41 Å². The first-order valence-corrected chi connectivity index (χ1v) is 6.90. The van der Waals surface area contributed by atoms with Gasteiger partial charge in [0, 0.05) is 24.4 Å². The molecule has 0 bridgehead atoms. The van der Waals surface area contributed by atoms with E-state index in [2.05, 4.69) is 5.16 Å². The Balaban J connectivity index is 2.35. The normalized spacial score (nSPS) is 17.6. The maximum absolute atomic E-state index is 11.8. The minimum absolute atomic E-state index is 0.209. The van der Waals surface area contributed by atoms with E-state index < -0.39 is 0 Å².